The maximum absolute atomic E-state index is 13.7. The Morgan fingerprint density at radius 1 is 1.03 bits per heavy atom. The summed E-state index contributed by atoms with van der Waals surface area (Å²) in [5.41, 5.74) is 5.85. The van der Waals surface area contributed by atoms with Crippen molar-refractivity contribution in [3.05, 3.63) is 99.7 Å². The number of carbonyl (C=O) groups excluding carboxylic acids is 1. The minimum absolute atomic E-state index is 0.136. The SMILES string of the molecule is COc1ccc(C2c3c(-c4ccc(C)cc4)n[nH]c3C(=O)N2Cc2ccccc2Cl)c(OC)c1. The molecule has 1 atom stereocenters. The Kier molecular flexibility index (Phi) is 5.75. The number of rotatable bonds is 6. The number of aromatic nitrogens is 2. The van der Waals surface area contributed by atoms with E-state index in [2.05, 4.69) is 10.2 Å². The first-order valence-electron chi connectivity index (χ1n) is 10.9. The standard InChI is InChI=1S/C27H24ClN3O3/c1-16-8-10-17(11-9-16)24-23-25(30-29-24)27(32)31(15-18-6-4-5-7-21(18)28)26(23)20-13-12-19(33-2)14-22(20)34-3/h4-14,26H,15H2,1-3H3,(H,29,30). The van der Waals surface area contributed by atoms with Gasteiger partial charge in [-0.25, -0.2) is 0 Å². The molecule has 1 amide bonds. The van der Waals surface area contributed by atoms with Crippen molar-refractivity contribution in [2.24, 2.45) is 0 Å². The number of H-pyrrole nitrogens is 1. The number of ether oxygens (including phenoxy) is 2. The molecule has 7 heteroatoms. The second-order valence-corrected chi connectivity index (χ2v) is 8.67. The summed E-state index contributed by atoms with van der Waals surface area (Å²) in [5.74, 6) is 1.17. The minimum atomic E-state index is -0.422. The highest BCUT2D eigenvalue weighted by Gasteiger charge is 2.43. The molecule has 0 aliphatic carbocycles. The van der Waals surface area contributed by atoms with Gasteiger partial charge in [0.15, 0.2) is 0 Å². The molecule has 1 aliphatic heterocycles. The maximum atomic E-state index is 13.7. The molecule has 1 aliphatic rings. The number of fused-ring (bicyclic) bond motifs is 1. The molecule has 34 heavy (non-hydrogen) atoms. The van der Waals surface area contributed by atoms with Crippen molar-refractivity contribution in [2.75, 3.05) is 14.2 Å². The summed E-state index contributed by atoms with van der Waals surface area (Å²) in [5, 5.41) is 8.16. The van der Waals surface area contributed by atoms with Crippen LogP contribution in [-0.2, 0) is 6.54 Å². The summed E-state index contributed by atoms with van der Waals surface area (Å²) in [6.07, 6.45) is 0. The van der Waals surface area contributed by atoms with Crippen LogP contribution in [0.2, 0.25) is 5.02 Å². The highest BCUT2D eigenvalue weighted by atomic mass is 35.5. The molecule has 4 aromatic rings. The predicted octanol–water partition coefficient (Wildman–Crippen LogP) is 5.80. The molecular weight excluding hydrogens is 450 g/mol. The zero-order valence-corrected chi connectivity index (χ0v) is 19.9. The number of hydrogen-bond donors (Lipinski definition) is 1. The lowest BCUT2D eigenvalue weighted by Crippen LogP contribution is -2.29. The molecule has 6 nitrogen and oxygen atoms in total. The molecule has 1 unspecified atom stereocenters. The van der Waals surface area contributed by atoms with E-state index in [4.69, 9.17) is 21.1 Å². The number of nitrogens with zero attached hydrogens (tertiary/aromatic N) is 2. The first-order chi connectivity index (χ1) is 16.5. The van der Waals surface area contributed by atoms with Crippen molar-refractivity contribution < 1.29 is 14.3 Å². The number of benzene rings is 3. The zero-order chi connectivity index (χ0) is 23.8. The summed E-state index contributed by atoms with van der Waals surface area (Å²) in [4.78, 5) is 15.5. The fraction of sp³-hybridized carbons (Fsp3) is 0.185. The Balaban J connectivity index is 1.69. The first-order valence-corrected chi connectivity index (χ1v) is 11.3. The van der Waals surface area contributed by atoms with Gasteiger partial charge in [0.2, 0.25) is 0 Å². The summed E-state index contributed by atoms with van der Waals surface area (Å²) in [7, 11) is 3.23. The highest BCUT2D eigenvalue weighted by molar-refractivity contribution is 6.31. The minimum Gasteiger partial charge on any atom is -0.497 e. The van der Waals surface area contributed by atoms with Gasteiger partial charge in [-0.05, 0) is 30.7 Å². The van der Waals surface area contributed by atoms with E-state index >= 15 is 0 Å². The number of methoxy groups -OCH3 is 2. The molecule has 0 saturated heterocycles. The van der Waals surface area contributed by atoms with Crippen molar-refractivity contribution in [2.45, 2.75) is 19.5 Å². The average Bonchev–Trinajstić information content (AvgIpc) is 3.40. The Bertz CT molecular complexity index is 1360. The van der Waals surface area contributed by atoms with Crippen molar-refractivity contribution in [1.29, 1.82) is 0 Å². The number of amides is 1. The van der Waals surface area contributed by atoms with Gasteiger partial charge in [0, 0.05) is 34.3 Å². The monoisotopic (exact) mass is 473 g/mol. The van der Waals surface area contributed by atoms with Gasteiger partial charge in [-0.15, -0.1) is 0 Å². The van der Waals surface area contributed by atoms with Gasteiger partial charge in [0.25, 0.3) is 5.91 Å². The smallest absolute Gasteiger partial charge is 0.273 e. The second kappa shape index (κ2) is 8.88. The predicted molar refractivity (Wildman–Crippen MR) is 131 cm³/mol. The van der Waals surface area contributed by atoms with Crippen LogP contribution < -0.4 is 9.47 Å². The van der Waals surface area contributed by atoms with E-state index in [-0.39, 0.29) is 5.91 Å². The third kappa shape index (κ3) is 3.70. The van der Waals surface area contributed by atoms with Gasteiger partial charge in [-0.1, -0.05) is 59.6 Å². The number of carbonyl (C=O) groups is 1. The van der Waals surface area contributed by atoms with Gasteiger partial charge in [0.1, 0.15) is 17.2 Å². The van der Waals surface area contributed by atoms with Crippen LogP contribution in [0.5, 0.6) is 11.5 Å². The van der Waals surface area contributed by atoms with Crippen molar-refractivity contribution in [3.8, 4) is 22.8 Å². The van der Waals surface area contributed by atoms with Crippen molar-refractivity contribution in [3.63, 3.8) is 0 Å². The van der Waals surface area contributed by atoms with E-state index in [1.807, 2.05) is 78.6 Å². The summed E-state index contributed by atoms with van der Waals surface area (Å²) in [6, 6.07) is 20.9. The molecular formula is C27H24ClN3O3. The van der Waals surface area contributed by atoms with Gasteiger partial charge < -0.3 is 14.4 Å². The topological polar surface area (TPSA) is 67.5 Å². The van der Waals surface area contributed by atoms with Crippen LogP contribution in [0.25, 0.3) is 11.3 Å². The normalized spacial score (nSPS) is 14.9. The van der Waals surface area contributed by atoms with Gasteiger partial charge in [0.05, 0.1) is 26.0 Å². The lowest BCUT2D eigenvalue weighted by Gasteiger charge is -2.28. The number of hydrogen-bond acceptors (Lipinski definition) is 4. The first kappa shape index (κ1) is 22.0. The average molecular weight is 474 g/mol. The van der Waals surface area contributed by atoms with Gasteiger partial charge >= 0.3 is 0 Å². The summed E-state index contributed by atoms with van der Waals surface area (Å²) in [6.45, 7) is 2.38. The van der Waals surface area contributed by atoms with Crippen LogP contribution in [0.1, 0.15) is 38.8 Å². The fourth-order valence-electron chi connectivity index (χ4n) is 4.47. The van der Waals surface area contributed by atoms with E-state index < -0.39 is 6.04 Å². The van der Waals surface area contributed by atoms with Gasteiger partial charge in [-0.3, -0.25) is 9.89 Å². The highest BCUT2D eigenvalue weighted by Crippen LogP contribution is 2.46. The fourth-order valence-corrected chi connectivity index (χ4v) is 4.66. The van der Waals surface area contributed by atoms with Crippen LogP contribution in [0, 0.1) is 6.92 Å². The Hall–Kier alpha value is -3.77. The molecule has 0 spiro atoms. The molecule has 5 rings (SSSR count). The summed E-state index contributed by atoms with van der Waals surface area (Å²) >= 11 is 6.47. The number of halogens is 1. The molecule has 1 N–H and O–H groups in total. The maximum Gasteiger partial charge on any atom is 0.273 e. The molecule has 0 radical (unpaired) electrons. The molecule has 1 aromatic heterocycles. The molecule has 0 fully saturated rings. The largest absolute Gasteiger partial charge is 0.497 e. The third-order valence-corrected chi connectivity index (χ3v) is 6.59. The van der Waals surface area contributed by atoms with Crippen LogP contribution in [0.3, 0.4) is 0 Å². The molecule has 0 saturated carbocycles. The van der Waals surface area contributed by atoms with Crippen molar-refractivity contribution in [1.82, 2.24) is 15.1 Å². The van der Waals surface area contributed by atoms with Crippen LogP contribution in [0.4, 0.5) is 0 Å². The van der Waals surface area contributed by atoms with Crippen molar-refractivity contribution >= 4 is 17.5 Å². The Morgan fingerprint density at radius 2 is 1.79 bits per heavy atom. The second-order valence-electron chi connectivity index (χ2n) is 8.26. The molecule has 3 aromatic carbocycles. The van der Waals surface area contributed by atoms with E-state index in [0.29, 0.717) is 28.8 Å². The Labute approximate surface area is 203 Å². The van der Waals surface area contributed by atoms with Crippen LogP contribution in [0.15, 0.2) is 66.7 Å². The lowest BCUT2D eigenvalue weighted by atomic mass is 9.94. The van der Waals surface area contributed by atoms with E-state index in [1.54, 1.807) is 14.2 Å². The van der Waals surface area contributed by atoms with Crippen LogP contribution >= 0.6 is 11.6 Å². The number of aromatic amines is 1. The van der Waals surface area contributed by atoms with Crippen LogP contribution in [-0.4, -0.2) is 35.2 Å². The van der Waals surface area contributed by atoms with E-state index in [9.17, 15) is 4.79 Å². The molecule has 0 bridgehead atoms. The lowest BCUT2D eigenvalue weighted by molar-refractivity contribution is 0.0728. The summed E-state index contributed by atoms with van der Waals surface area (Å²) < 4.78 is 11.1. The zero-order valence-electron chi connectivity index (χ0n) is 19.1. The Morgan fingerprint density at radius 3 is 2.50 bits per heavy atom. The molecule has 2 heterocycles. The van der Waals surface area contributed by atoms with E-state index in [1.165, 1.54) is 0 Å². The van der Waals surface area contributed by atoms with E-state index in [0.717, 1.165) is 33.5 Å². The molecule has 172 valence electrons. The quantitative estimate of drug-likeness (QED) is 0.384. The number of nitrogens with one attached hydrogen (secondary N) is 1. The third-order valence-electron chi connectivity index (χ3n) is 6.22. The number of aryl methyl sites for hydroxylation is 1. The van der Waals surface area contributed by atoms with Gasteiger partial charge in [-0.2, -0.15) is 5.10 Å².